The van der Waals surface area contributed by atoms with Crippen molar-refractivity contribution in [1.29, 1.82) is 0 Å². The van der Waals surface area contributed by atoms with Crippen molar-refractivity contribution in [1.82, 2.24) is 0 Å². The summed E-state index contributed by atoms with van der Waals surface area (Å²) in [6.07, 6.45) is 0.575. The Kier molecular flexibility index (Phi) is 5.29. The number of hydrogen-bond acceptors (Lipinski definition) is 2. The van der Waals surface area contributed by atoms with E-state index >= 15 is 0 Å². The van der Waals surface area contributed by atoms with Crippen molar-refractivity contribution in [3.05, 3.63) is 35.1 Å². The van der Waals surface area contributed by atoms with Crippen LogP contribution in [0.1, 0.15) is 50.8 Å². The second-order valence-corrected chi connectivity index (χ2v) is 4.61. The topological polar surface area (TPSA) is 29.5 Å². The first kappa shape index (κ1) is 15.1. The Balaban J connectivity index is 3.16. The van der Waals surface area contributed by atoms with Crippen molar-refractivity contribution in [3.63, 3.8) is 0 Å². The summed E-state index contributed by atoms with van der Waals surface area (Å²) >= 11 is 0. The molecular weight excluding hydrogens is 231 g/mol. The Labute approximate surface area is 109 Å². The first-order valence-electron chi connectivity index (χ1n) is 6.58. The van der Waals surface area contributed by atoms with Gasteiger partial charge in [0, 0.05) is 6.61 Å². The summed E-state index contributed by atoms with van der Waals surface area (Å²) in [6.45, 7) is 8.28. The number of aryl methyl sites for hydroxylation is 1. The zero-order valence-electron chi connectivity index (χ0n) is 11.7. The number of benzene rings is 1. The number of aliphatic hydroxyl groups excluding tert-OH is 1. The average molecular weight is 254 g/mol. The number of aliphatic hydroxyl groups is 1. The Morgan fingerprint density at radius 2 is 1.89 bits per heavy atom. The normalized spacial score (nSPS) is 13.7. The first-order valence-corrected chi connectivity index (χ1v) is 6.58. The third-order valence-electron chi connectivity index (χ3n) is 3.66. The molecule has 0 fully saturated rings. The third kappa shape index (κ3) is 2.90. The minimum Gasteiger partial charge on any atom is -0.385 e. The van der Waals surface area contributed by atoms with E-state index in [0.29, 0.717) is 25.0 Å². The monoisotopic (exact) mass is 254 g/mol. The zero-order chi connectivity index (χ0) is 13.8. The molecule has 1 aromatic carbocycles. The van der Waals surface area contributed by atoms with Crippen molar-refractivity contribution in [3.8, 4) is 0 Å². The van der Waals surface area contributed by atoms with E-state index in [9.17, 15) is 9.50 Å². The molecule has 0 amide bonds. The quantitative estimate of drug-likeness (QED) is 0.837. The van der Waals surface area contributed by atoms with Crippen LogP contribution in [-0.4, -0.2) is 17.3 Å². The van der Waals surface area contributed by atoms with Gasteiger partial charge in [-0.25, -0.2) is 4.39 Å². The van der Waals surface area contributed by atoms with Gasteiger partial charge in [-0.15, -0.1) is 0 Å². The van der Waals surface area contributed by atoms with E-state index in [1.54, 1.807) is 6.07 Å². The summed E-state index contributed by atoms with van der Waals surface area (Å²) in [5.74, 6) is -0.327. The lowest BCUT2D eigenvalue weighted by Crippen LogP contribution is -2.38. The summed E-state index contributed by atoms with van der Waals surface area (Å²) in [7, 11) is 0. The maximum Gasteiger partial charge on any atom is 0.123 e. The van der Waals surface area contributed by atoms with Crippen molar-refractivity contribution in [2.24, 2.45) is 0 Å². The smallest absolute Gasteiger partial charge is 0.123 e. The van der Waals surface area contributed by atoms with Crippen molar-refractivity contribution < 1.29 is 14.2 Å². The molecule has 0 bridgehead atoms. The highest BCUT2D eigenvalue weighted by atomic mass is 19.1. The van der Waals surface area contributed by atoms with Crippen LogP contribution in [0.2, 0.25) is 0 Å². The molecule has 18 heavy (non-hydrogen) atoms. The van der Waals surface area contributed by atoms with Gasteiger partial charge in [-0.05, 0) is 49.9 Å². The molecule has 0 aliphatic carbocycles. The van der Waals surface area contributed by atoms with Gasteiger partial charge in [0.15, 0.2) is 0 Å². The molecule has 1 rings (SSSR count). The average Bonchev–Trinajstić information content (AvgIpc) is 2.38. The first-order chi connectivity index (χ1) is 8.50. The lowest BCUT2D eigenvalue weighted by Gasteiger charge is -2.37. The number of ether oxygens (including phenoxy) is 1. The lowest BCUT2D eigenvalue weighted by atomic mass is 9.84. The fourth-order valence-electron chi connectivity index (χ4n) is 2.40. The minimum atomic E-state index is -0.803. The molecule has 0 aliphatic heterocycles. The molecule has 1 atom stereocenters. The van der Waals surface area contributed by atoms with Crippen LogP contribution in [0.15, 0.2) is 18.2 Å². The predicted molar refractivity (Wildman–Crippen MR) is 71.0 cm³/mol. The van der Waals surface area contributed by atoms with Crippen molar-refractivity contribution in [2.75, 3.05) is 6.61 Å². The zero-order valence-corrected chi connectivity index (χ0v) is 11.7. The van der Waals surface area contributed by atoms with E-state index in [4.69, 9.17) is 4.74 Å². The molecule has 0 spiro atoms. The van der Waals surface area contributed by atoms with Gasteiger partial charge >= 0.3 is 0 Å². The van der Waals surface area contributed by atoms with Crippen LogP contribution >= 0.6 is 0 Å². The molecule has 0 heterocycles. The van der Waals surface area contributed by atoms with E-state index < -0.39 is 11.7 Å². The summed E-state index contributed by atoms with van der Waals surface area (Å²) in [5, 5.41) is 10.6. The van der Waals surface area contributed by atoms with Crippen LogP contribution < -0.4 is 0 Å². The van der Waals surface area contributed by atoms with Crippen LogP contribution in [-0.2, 0) is 4.74 Å². The second kappa shape index (κ2) is 6.30. The summed E-state index contributed by atoms with van der Waals surface area (Å²) in [4.78, 5) is 0. The third-order valence-corrected chi connectivity index (χ3v) is 3.66. The molecule has 0 radical (unpaired) electrons. The van der Waals surface area contributed by atoms with Gasteiger partial charge in [-0.1, -0.05) is 19.9 Å². The molecule has 0 aliphatic rings. The fourth-order valence-corrected chi connectivity index (χ4v) is 2.40. The standard InChI is InChI=1S/C15H23FO2/c1-5-15(6-2,18-7-3)14(17)13-10-12(16)9-8-11(13)4/h8-10,14,17H,5-7H2,1-4H3. The number of rotatable bonds is 6. The Morgan fingerprint density at radius 3 is 2.39 bits per heavy atom. The summed E-state index contributed by atoms with van der Waals surface area (Å²) in [5.41, 5.74) is 0.870. The van der Waals surface area contributed by atoms with Gasteiger partial charge in [0.1, 0.15) is 11.9 Å². The van der Waals surface area contributed by atoms with Gasteiger partial charge in [-0.3, -0.25) is 0 Å². The van der Waals surface area contributed by atoms with E-state index in [1.807, 2.05) is 27.7 Å². The molecule has 1 unspecified atom stereocenters. The summed E-state index contributed by atoms with van der Waals surface area (Å²) < 4.78 is 19.1. The van der Waals surface area contributed by atoms with Gasteiger partial charge in [0.25, 0.3) is 0 Å². The summed E-state index contributed by atoms with van der Waals surface area (Å²) in [6, 6.07) is 4.50. The highest BCUT2D eigenvalue weighted by molar-refractivity contribution is 5.30. The largest absolute Gasteiger partial charge is 0.385 e. The van der Waals surface area contributed by atoms with E-state index in [0.717, 1.165) is 5.56 Å². The molecule has 1 N–H and O–H groups in total. The Bertz CT molecular complexity index is 386. The number of hydrogen-bond donors (Lipinski definition) is 1. The van der Waals surface area contributed by atoms with Crippen LogP contribution in [0, 0.1) is 12.7 Å². The van der Waals surface area contributed by atoms with Gasteiger partial charge < -0.3 is 9.84 Å². The predicted octanol–water partition coefficient (Wildman–Crippen LogP) is 3.76. The molecule has 0 saturated heterocycles. The van der Waals surface area contributed by atoms with Crippen LogP contribution in [0.5, 0.6) is 0 Å². The highest BCUT2D eigenvalue weighted by Gasteiger charge is 2.37. The van der Waals surface area contributed by atoms with Crippen molar-refractivity contribution in [2.45, 2.75) is 52.2 Å². The van der Waals surface area contributed by atoms with Crippen molar-refractivity contribution >= 4 is 0 Å². The van der Waals surface area contributed by atoms with Crippen LogP contribution in [0.4, 0.5) is 4.39 Å². The minimum absolute atomic E-state index is 0.327. The molecule has 3 heteroatoms. The molecule has 102 valence electrons. The number of halogens is 1. The van der Waals surface area contributed by atoms with E-state index in [2.05, 4.69) is 0 Å². The van der Waals surface area contributed by atoms with E-state index in [1.165, 1.54) is 12.1 Å². The second-order valence-electron chi connectivity index (χ2n) is 4.61. The fraction of sp³-hybridized carbons (Fsp3) is 0.600. The highest BCUT2D eigenvalue weighted by Crippen LogP contribution is 2.36. The van der Waals surface area contributed by atoms with Crippen LogP contribution in [0.25, 0.3) is 0 Å². The SMILES string of the molecule is CCOC(CC)(CC)C(O)c1cc(F)ccc1C. The lowest BCUT2D eigenvalue weighted by molar-refractivity contribution is -0.127. The Morgan fingerprint density at radius 1 is 1.28 bits per heavy atom. The molecule has 2 nitrogen and oxygen atoms in total. The van der Waals surface area contributed by atoms with E-state index in [-0.39, 0.29) is 5.82 Å². The Hall–Kier alpha value is -0.930. The molecule has 1 aromatic rings. The molecule has 0 saturated carbocycles. The maximum atomic E-state index is 13.3. The van der Waals surface area contributed by atoms with Crippen LogP contribution in [0.3, 0.4) is 0 Å². The maximum absolute atomic E-state index is 13.3. The van der Waals surface area contributed by atoms with Gasteiger partial charge in [-0.2, -0.15) is 0 Å². The van der Waals surface area contributed by atoms with Gasteiger partial charge in [0.05, 0.1) is 5.60 Å². The molecule has 0 aromatic heterocycles. The molecular formula is C15H23FO2. The van der Waals surface area contributed by atoms with Gasteiger partial charge in [0.2, 0.25) is 0 Å².